The lowest BCUT2D eigenvalue weighted by atomic mass is 10.1. The Kier molecular flexibility index (Phi) is 5.03. The molecule has 4 nitrogen and oxygen atoms in total. The van der Waals surface area contributed by atoms with Crippen molar-refractivity contribution < 1.29 is 18.0 Å². The molecule has 0 aliphatic heterocycles. The summed E-state index contributed by atoms with van der Waals surface area (Å²) in [7, 11) is 0. The van der Waals surface area contributed by atoms with E-state index >= 15 is 0 Å². The first-order valence-electron chi connectivity index (χ1n) is 8.29. The van der Waals surface area contributed by atoms with Crippen LogP contribution in [-0.2, 0) is 12.7 Å². The fourth-order valence-electron chi connectivity index (χ4n) is 2.73. The minimum absolute atomic E-state index is 0.170. The topological polar surface area (TPSA) is 46.9 Å². The summed E-state index contributed by atoms with van der Waals surface area (Å²) in [4.78, 5) is 12.4. The number of hydrogen-bond donors (Lipinski definition) is 1. The lowest BCUT2D eigenvalue weighted by molar-refractivity contribution is -0.137. The fraction of sp³-hybridized carbons (Fsp3) is 0.200. The first-order chi connectivity index (χ1) is 12.7. The van der Waals surface area contributed by atoms with Crippen LogP contribution in [-0.4, -0.2) is 15.7 Å². The molecular formula is C20H18F3N3O. The maximum Gasteiger partial charge on any atom is 0.416 e. The van der Waals surface area contributed by atoms with E-state index in [0.29, 0.717) is 16.8 Å². The highest BCUT2D eigenvalue weighted by molar-refractivity contribution is 6.05. The minimum atomic E-state index is -4.38. The lowest BCUT2D eigenvalue weighted by Gasteiger charge is -2.09. The summed E-state index contributed by atoms with van der Waals surface area (Å²) < 4.78 is 39.9. The average molecular weight is 373 g/mol. The molecule has 0 spiro atoms. The van der Waals surface area contributed by atoms with Crippen molar-refractivity contribution in [2.75, 3.05) is 5.32 Å². The van der Waals surface area contributed by atoms with Gasteiger partial charge < -0.3 is 5.32 Å². The van der Waals surface area contributed by atoms with Gasteiger partial charge in [0.25, 0.3) is 5.91 Å². The van der Waals surface area contributed by atoms with E-state index in [9.17, 15) is 18.0 Å². The third-order valence-electron chi connectivity index (χ3n) is 4.13. The van der Waals surface area contributed by atoms with E-state index in [2.05, 4.69) is 10.4 Å². The minimum Gasteiger partial charge on any atom is -0.319 e. The highest BCUT2D eigenvalue weighted by Crippen LogP contribution is 2.29. The number of nitrogens with one attached hydrogen (secondary N) is 1. The van der Waals surface area contributed by atoms with Crippen LogP contribution in [0.2, 0.25) is 0 Å². The van der Waals surface area contributed by atoms with Crippen molar-refractivity contribution in [1.82, 2.24) is 9.78 Å². The molecule has 0 aliphatic carbocycles. The zero-order chi connectivity index (χ0) is 19.6. The third kappa shape index (κ3) is 4.55. The van der Waals surface area contributed by atoms with Gasteiger partial charge in [0.1, 0.15) is 0 Å². The number of benzene rings is 2. The van der Waals surface area contributed by atoms with E-state index in [4.69, 9.17) is 0 Å². The number of anilines is 1. The van der Waals surface area contributed by atoms with Gasteiger partial charge in [-0.15, -0.1) is 0 Å². The highest BCUT2D eigenvalue weighted by Gasteiger charge is 2.30. The number of rotatable bonds is 4. The molecule has 140 valence electrons. The zero-order valence-electron chi connectivity index (χ0n) is 14.8. The van der Waals surface area contributed by atoms with E-state index < -0.39 is 11.7 Å². The molecule has 0 saturated heterocycles. The summed E-state index contributed by atoms with van der Waals surface area (Å²) in [6.07, 6.45) is -1.33. The van der Waals surface area contributed by atoms with Crippen LogP contribution in [0, 0.1) is 13.8 Å². The van der Waals surface area contributed by atoms with Crippen LogP contribution >= 0.6 is 0 Å². The Labute approximate surface area is 154 Å². The molecule has 2 aromatic carbocycles. The van der Waals surface area contributed by atoms with Crippen LogP contribution < -0.4 is 5.32 Å². The maximum atomic E-state index is 12.8. The first-order valence-corrected chi connectivity index (χ1v) is 8.29. The number of carbonyl (C=O) groups excluding carboxylic acids is 1. The highest BCUT2D eigenvalue weighted by atomic mass is 19.4. The zero-order valence-corrected chi connectivity index (χ0v) is 14.8. The van der Waals surface area contributed by atoms with E-state index in [1.165, 1.54) is 16.9 Å². The molecule has 1 heterocycles. The van der Waals surface area contributed by atoms with E-state index in [1.54, 1.807) is 18.3 Å². The van der Waals surface area contributed by atoms with Crippen LogP contribution in [0.1, 0.15) is 32.6 Å². The molecule has 0 unspecified atom stereocenters. The first kappa shape index (κ1) is 18.7. The summed E-state index contributed by atoms with van der Waals surface area (Å²) >= 11 is 0. The van der Waals surface area contributed by atoms with Gasteiger partial charge in [0.05, 0.1) is 24.0 Å². The summed E-state index contributed by atoms with van der Waals surface area (Å²) in [6.45, 7) is 3.93. The molecule has 0 saturated carbocycles. The van der Waals surface area contributed by atoms with Gasteiger partial charge in [-0.3, -0.25) is 9.48 Å². The van der Waals surface area contributed by atoms with Crippen molar-refractivity contribution in [3.8, 4) is 0 Å². The van der Waals surface area contributed by atoms with E-state index in [1.807, 2.05) is 26.0 Å². The second-order valence-electron chi connectivity index (χ2n) is 6.40. The molecule has 3 aromatic rings. The smallest absolute Gasteiger partial charge is 0.319 e. The van der Waals surface area contributed by atoms with Crippen molar-refractivity contribution in [3.63, 3.8) is 0 Å². The monoisotopic (exact) mass is 373 g/mol. The quantitative estimate of drug-likeness (QED) is 0.713. The average Bonchev–Trinajstić information content (AvgIpc) is 3.03. The van der Waals surface area contributed by atoms with Gasteiger partial charge in [-0.2, -0.15) is 18.3 Å². The Morgan fingerprint density at radius 3 is 2.67 bits per heavy atom. The molecule has 0 fully saturated rings. The number of aromatic nitrogens is 2. The number of halogens is 3. The standard InChI is InChI=1S/C20H18F3N3O/c1-13-6-7-14(2)18(8-13)19(27)25-17-10-24-26(12-17)11-15-4-3-5-16(9-15)20(21,22)23/h3-10,12H,11H2,1-2H3,(H,25,27). The van der Waals surface area contributed by atoms with Crippen LogP contribution in [0.25, 0.3) is 0 Å². The van der Waals surface area contributed by atoms with E-state index in [0.717, 1.165) is 23.3 Å². The molecule has 27 heavy (non-hydrogen) atoms. The molecule has 0 aliphatic rings. The van der Waals surface area contributed by atoms with E-state index in [-0.39, 0.29) is 12.5 Å². The second-order valence-corrected chi connectivity index (χ2v) is 6.40. The van der Waals surface area contributed by atoms with Crippen molar-refractivity contribution in [3.05, 3.63) is 82.7 Å². The van der Waals surface area contributed by atoms with Crippen molar-refractivity contribution in [2.45, 2.75) is 26.6 Å². The maximum absolute atomic E-state index is 12.8. The van der Waals surface area contributed by atoms with Gasteiger partial charge in [0.15, 0.2) is 0 Å². The van der Waals surface area contributed by atoms with Crippen molar-refractivity contribution in [1.29, 1.82) is 0 Å². The van der Waals surface area contributed by atoms with Gasteiger partial charge >= 0.3 is 6.18 Å². The van der Waals surface area contributed by atoms with Crippen LogP contribution in [0.4, 0.5) is 18.9 Å². The van der Waals surface area contributed by atoms with Gasteiger partial charge in [0, 0.05) is 11.8 Å². The summed E-state index contributed by atoms with van der Waals surface area (Å²) in [6, 6.07) is 10.7. The van der Waals surface area contributed by atoms with Crippen LogP contribution in [0.15, 0.2) is 54.9 Å². The summed E-state index contributed by atoms with van der Waals surface area (Å²) in [5.74, 6) is -0.255. The molecule has 0 bridgehead atoms. The summed E-state index contributed by atoms with van der Waals surface area (Å²) in [5, 5.41) is 6.88. The Hall–Kier alpha value is -3.09. The van der Waals surface area contributed by atoms with Crippen LogP contribution in [0.5, 0.6) is 0 Å². The van der Waals surface area contributed by atoms with Gasteiger partial charge in [-0.05, 0) is 43.2 Å². The molecule has 1 amide bonds. The SMILES string of the molecule is Cc1ccc(C)c(C(=O)Nc2cnn(Cc3cccc(C(F)(F)F)c3)c2)c1. The van der Waals surface area contributed by atoms with Crippen molar-refractivity contribution in [2.24, 2.45) is 0 Å². The lowest BCUT2D eigenvalue weighted by Crippen LogP contribution is -2.13. The van der Waals surface area contributed by atoms with Gasteiger partial charge in [-0.25, -0.2) is 0 Å². The Balaban J connectivity index is 1.72. The van der Waals surface area contributed by atoms with Gasteiger partial charge in [-0.1, -0.05) is 29.8 Å². The number of alkyl halides is 3. The van der Waals surface area contributed by atoms with Gasteiger partial charge in [0.2, 0.25) is 0 Å². The number of hydrogen-bond acceptors (Lipinski definition) is 2. The molecule has 3 rings (SSSR count). The number of nitrogens with zero attached hydrogens (tertiary/aromatic N) is 2. The molecule has 0 atom stereocenters. The normalized spacial score (nSPS) is 11.4. The molecule has 1 N–H and O–H groups in total. The Bertz CT molecular complexity index is 977. The van der Waals surface area contributed by atoms with Crippen LogP contribution in [0.3, 0.4) is 0 Å². The third-order valence-corrected chi connectivity index (χ3v) is 4.13. The number of carbonyl (C=O) groups is 1. The predicted molar refractivity (Wildman–Crippen MR) is 96.6 cm³/mol. The molecule has 1 aromatic heterocycles. The Morgan fingerprint density at radius 1 is 1.15 bits per heavy atom. The fourth-order valence-corrected chi connectivity index (χ4v) is 2.73. The molecule has 7 heteroatoms. The molecular weight excluding hydrogens is 355 g/mol. The summed E-state index contributed by atoms with van der Waals surface area (Å²) in [5.41, 5.74) is 2.66. The number of amides is 1. The predicted octanol–water partition coefficient (Wildman–Crippen LogP) is 4.82. The number of aryl methyl sites for hydroxylation is 2. The van der Waals surface area contributed by atoms with Crippen molar-refractivity contribution >= 4 is 11.6 Å². The second kappa shape index (κ2) is 7.26. The molecule has 0 radical (unpaired) electrons. The Morgan fingerprint density at radius 2 is 1.93 bits per heavy atom. The largest absolute Gasteiger partial charge is 0.416 e.